The van der Waals surface area contributed by atoms with E-state index in [-0.39, 0.29) is 12.0 Å². The molecule has 160 valence electrons. The molecule has 2 aromatic heterocycles. The number of pyridine rings is 2. The SMILES string of the molecule is CC1=NC2CC2=C(c2ccc3cnc(NC(=O)c4ccnc(OC5CNC5)c4)cc3c2)S1. The van der Waals surface area contributed by atoms with E-state index in [0.717, 1.165) is 35.3 Å². The Morgan fingerprint density at radius 2 is 2.06 bits per heavy atom. The highest BCUT2D eigenvalue weighted by Crippen LogP contribution is 2.49. The van der Waals surface area contributed by atoms with Crippen molar-refractivity contribution in [3.8, 4) is 5.88 Å². The molecule has 3 aliphatic rings. The average molecular weight is 444 g/mol. The summed E-state index contributed by atoms with van der Waals surface area (Å²) >= 11 is 1.74. The Morgan fingerprint density at radius 3 is 2.91 bits per heavy atom. The molecule has 7 nitrogen and oxygen atoms in total. The monoisotopic (exact) mass is 443 g/mol. The molecule has 4 heterocycles. The van der Waals surface area contributed by atoms with Crippen LogP contribution < -0.4 is 15.4 Å². The molecule has 1 aromatic carbocycles. The summed E-state index contributed by atoms with van der Waals surface area (Å²) in [6.45, 7) is 3.66. The van der Waals surface area contributed by atoms with Crippen molar-refractivity contribution in [2.45, 2.75) is 25.5 Å². The van der Waals surface area contributed by atoms with E-state index in [9.17, 15) is 4.79 Å². The van der Waals surface area contributed by atoms with Crippen LogP contribution in [-0.4, -0.2) is 46.2 Å². The second kappa shape index (κ2) is 7.72. The Kier molecular flexibility index (Phi) is 4.69. The third-order valence-electron chi connectivity index (χ3n) is 5.79. The minimum atomic E-state index is -0.243. The number of aliphatic imine (C=N–C) groups is 1. The lowest BCUT2D eigenvalue weighted by molar-refractivity contribution is 0.102. The molecule has 2 aliphatic heterocycles. The summed E-state index contributed by atoms with van der Waals surface area (Å²) in [4.78, 5) is 27.4. The van der Waals surface area contributed by atoms with Crippen LogP contribution in [-0.2, 0) is 0 Å². The van der Waals surface area contributed by atoms with Crippen molar-refractivity contribution in [1.82, 2.24) is 15.3 Å². The number of nitrogens with zero attached hydrogens (tertiary/aromatic N) is 3. The molecule has 0 radical (unpaired) electrons. The van der Waals surface area contributed by atoms with Gasteiger partial charge in [0.25, 0.3) is 5.91 Å². The fourth-order valence-electron chi connectivity index (χ4n) is 3.89. The Hall–Kier alpha value is -3.23. The molecule has 0 bridgehead atoms. The van der Waals surface area contributed by atoms with E-state index in [4.69, 9.17) is 4.74 Å². The van der Waals surface area contributed by atoms with Gasteiger partial charge in [-0.25, -0.2) is 9.97 Å². The molecule has 3 aromatic rings. The number of carbonyl (C=O) groups excluding carboxylic acids is 1. The average Bonchev–Trinajstić information content (AvgIpc) is 3.55. The first-order valence-electron chi connectivity index (χ1n) is 10.6. The van der Waals surface area contributed by atoms with Gasteiger partial charge in [0, 0.05) is 47.4 Å². The van der Waals surface area contributed by atoms with Gasteiger partial charge in [0.1, 0.15) is 11.9 Å². The van der Waals surface area contributed by atoms with Crippen molar-refractivity contribution < 1.29 is 9.53 Å². The van der Waals surface area contributed by atoms with E-state index in [1.165, 1.54) is 16.0 Å². The minimum Gasteiger partial charge on any atom is -0.472 e. The summed E-state index contributed by atoms with van der Waals surface area (Å²) in [6.07, 6.45) is 4.54. The lowest BCUT2D eigenvalue weighted by atomic mass is 10.1. The number of anilines is 1. The van der Waals surface area contributed by atoms with Crippen LogP contribution in [0.15, 0.2) is 59.4 Å². The van der Waals surface area contributed by atoms with E-state index in [2.05, 4.69) is 50.7 Å². The third-order valence-corrected chi connectivity index (χ3v) is 6.89. The number of thioether (sulfide) groups is 1. The zero-order valence-corrected chi connectivity index (χ0v) is 18.3. The summed E-state index contributed by atoms with van der Waals surface area (Å²) in [5, 5.41) is 9.23. The van der Waals surface area contributed by atoms with Crippen molar-refractivity contribution >= 4 is 44.2 Å². The molecule has 6 rings (SSSR count). The molecular weight excluding hydrogens is 422 g/mol. The number of aromatic nitrogens is 2. The van der Waals surface area contributed by atoms with Gasteiger partial charge in [-0.15, -0.1) is 0 Å². The van der Waals surface area contributed by atoms with E-state index in [1.807, 2.05) is 6.07 Å². The number of benzene rings is 1. The topological polar surface area (TPSA) is 88.5 Å². The first-order valence-corrected chi connectivity index (χ1v) is 11.4. The number of hydrogen-bond donors (Lipinski definition) is 2. The van der Waals surface area contributed by atoms with Crippen molar-refractivity contribution in [2.75, 3.05) is 18.4 Å². The molecule has 1 unspecified atom stereocenters. The fourth-order valence-corrected chi connectivity index (χ4v) is 4.96. The van der Waals surface area contributed by atoms with Crippen LogP contribution in [0.25, 0.3) is 15.7 Å². The van der Waals surface area contributed by atoms with Gasteiger partial charge >= 0.3 is 0 Å². The lowest BCUT2D eigenvalue weighted by Crippen LogP contribution is -2.50. The predicted molar refractivity (Wildman–Crippen MR) is 127 cm³/mol. The Balaban J connectivity index is 1.23. The highest BCUT2D eigenvalue weighted by molar-refractivity contribution is 8.21. The van der Waals surface area contributed by atoms with E-state index < -0.39 is 0 Å². The molecular formula is C24H21N5O2S. The number of ether oxygens (including phenoxy) is 1. The fraction of sp³-hybridized carbons (Fsp3) is 0.250. The van der Waals surface area contributed by atoms with Gasteiger partial charge in [-0.3, -0.25) is 9.79 Å². The number of carbonyl (C=O) groups is 1. The number of hydrogen-bond acceptors (Lipinski definition) is 7. The molecule has 32 heavy (non-hydrogen) atoms. The quantitative estimate of drug-likeness (QED) is 0.622. The standard InChI is InChI=1S/C24H21N5O2S/c1-13-28-20-9-19(20)23(32-13)14-2-3-16-10-27-21(7-17(16)6-14)29-24(30)15-4-5-26-22(8-15)31-18-11-25-12-18/h2-8,10,18,20,25H,9,11-12H2,1H3,(H,27,29,30). The van der Waals surface area contributed by atoms with E-state index >= 15 is 0 Å². The molecule has 8 heteroatoms. The summed E-state index contributed by atoms with van der Waals surface area (Å²) in [5.74, 6) is 0.725. The minimum absolute atomic E-state index is 0.108. The van der Waals surface area contributed by atoms with Crippen LogP contribution >= 0.6 is 11.8 Å². The summed E-state index contributed by atoms with van der Waals surface area (Å²) < 4.78 is 5.76. The predicted octanol–water partition coefficient (Wildman–Crippen LogP) is 3.88. The molecule has 1 saturated carbocycles. The highest BCUT2D eigenvalue weighted by atomic mass is 32.2. The normalized spacial score (nSPS) is 19.8. The van der Waals surface area contributed by atoms with Crippen LogP contribution in [0.4, 0.5) is 5.82 Å². The second-order valence-electron chi connectivity index (χ2n) is 8.19. The maximum Gasteiger partial charge on any atom is 0.257 e. The van der Waals surface area contributed by atoms with Crippen LogP contribution in [0.2, 0.25) is 0 Å². The Labute approximate surface area is 189 Å². The Morgan fingerprint density at radius 1 is 1.16 bits per heavy atom. The summed E-state index contributed by atoms with van der Waals surface area (Å²) in [7, 11) is 0. The number of rotatable bonds is 5. The van der Waals surface area contributed by atoms with Crippen LogP contribution in [0, 0.1) is 0 Å². The van der Waals surface area contributed by atoms with E-state index in [1.54, 1.807) is 36.3 Å². The number of nitrogens with one attached hydrogen (secondary N) is 2. The molecule has 1 saturated heterocycles. The zero-order valence-electron chi connectivity index (χ0n) is 17.5. The summed E-state index contributed by atoms with van der Waals surface area (Å²) in [6, 6.07) is 12.0. The Bertz CT molecular complexity index is 1310. The molecule has 1 atom stereocenters. The van der Waals surface area contributed by atoms with Crippen LogP contribution in [0.1, 0.15) is 29.3 Å². The van der Waals surface area contributed by atoms with Crippen LogP contribution in [0.3, 0.4) is 0 Å². The van der Waals surface area contributed by atoms with Crippen molar-refractivity contribution in [3.63, 3.8) is 0 Å². The number of amides is 1. The van der Waals surface area contributed by atoms with E-state index in [0.29, 0.717) is 23.3 Å². The largest absolute Gasteiger partial charge is 0.472 e. The van der Waals surface area contributed by atoms with Gasteiger partial charge in [0.2, 0.25) is 5.88 Å². The van der Waals surface area contributed by atoms with Gasteiger partial charge in [-0.05, 0) is 48.1 Å². The zero-order chi connectivity index (χ0) is 21.7. The number of fused-ring (bicyclic) bond motifs is 2. The lowest BCUT2D eigenvalue weighted by Gasteiger charge is -2.27. The van der Waals surface area contributed by atoms with Gasteiger partial charge < -0.3 is 15.4 Å². The van der Waals surface area contributed by atoms with Gasteiger partial charge in [-0.2, -0.15) is 0 Å². The van der Waals surface area contributed by atoms with Crippen LogP contribution in [0.5, 0.6) is 5.88 Å². The van der Waals surface area contributed by atoms with Crippen molar-refractivity contribution in [2.24, 2.45) is 4.99 Å². The van der Waals surface area contributed by atoms with Gasteiger partial charge in [0.15, 0.2) is 0 Å². The van der Waals surface area contributed by atoms with Crippen molar-refractivity contribution in [3.05, 3.63) is 65.5 Å². The second-order valence-corrected chi connectivity index (χ2v) is 9.39. The third kappa shape index (κ3) is 3.76. The highest BCUT2D eigenvalue weighted by Gasteiger charge is 2.36. The molecule has 2 N–H and O–H groups in total. The molecule has 1 aliphatic carbocycles. The molecule has 1 amide bonds. The molecule has 0 spiro atoms. The maximum absolute atomic E-state index is 12.8. The van der Waals surface area contributed by atoms with Crippen molar-refractivity contribution in [1.29, 1.82) is 0 Å². The first kappa shape index (κ1) is 19.5. The molecule has 2 fully saturated rings. The maximum atomic E-state index is 12.8. The van der Waals surface area contributed by atoms with Gasteiger partial charge in [-0.1, -0.05) is 23.9 Å². The summed E-state index contributed by atoms with van der Waals surface area (Å²) in [5.41, 5.74) is 3.10. The van der Waals surface area contributed by atoms with Gasteiger partial charge in [0.05, 0.1) is 11.1 Å². The first-order chi connectivity index (χ1) is 15.6. The smallest absolute Gasteiger partial charge is 0.257 e.